The van der Waals surface area contributed by atoms with E-state index >= 15 is 0 Å². The molecule has 0 saturated heterocycles. The number of rotatable bonds is 1. The van der Waals surface area contributed by atoms with Crippen LogP contribution in [0.2, 0.25) is 5.02 Å². The summed E-state index contributed by atoms with van der Waals surface area (Å²) in [5, 5.41) is 9.85. The molecular weight excluding hydrogens is 160 g/mol. The van der Waals surface area contributed by atoms with Crippen LogP contribution in [0.5, 0.6) is 5.75 Å². The van der Waals surface area contributed by atoms with Crippen molar-refractivity contribution >= 4 is 17.7 Å². The molecule has 0 radical (unpaired) electrons. The maximum atomic E-state index is 9.28. The van der Waals surface area contributed by atoms with Gasteiger partial charge in [0.25, 0.3) is 0 Å². The van der Waals surface area contributed by atoms with Crippen LogP contribution in [0, 0.1) is 6.92 Å². The highest BCUT2D eigenvalue weighted by Crippen LogP contribution is 2.26. The van der Waals surface area contributed by atoms with Gasteiger partial charge in [-0.2, -0.15) is 0 Å². The van der Waals surface area contributed by atoms with Crippen molar-refractivity contribution in [3.8, 4) is 5.75 Å². The van der Waals surface area contributed by atoms with Crippen LogP contribution in [-0.2, 0) is 0 Å². The summed E-state index contributed by atoms with van der Waals surface area (Å²) >= 11 is 5.79. The Morgan fingerprint density at radius 1 is 1.55 bits per heavy atom. The third kappa shape index (κ3) is 1.55. The van der Waals surface area contributed by atoms with Gasteiger partial charge in [-0.25, -0.2) is 0 Å². The first-order valence-electron chi connectivity index (χ1n) is 3.26. The Morgan fingerprint density at radius 3 is 2.64 bits per heavy atom. The van der Waals surface area contributed by atoms with E-state index in [1.54, 1.807) is 25.1 Å². The second-order valence-electron chi connectivity index (χ2n) is 2.35. The zero-order chi connectivity index (χ0) is 8.43. The summed E-state index contributed by atoms with van der Waals surface area (Å²) in [6.45, 7) is 5.34. The molecule has 0 saturated carbocycles. The molecule has 0 aliphatic rings. The van der Waals surface area contributed by atoms with Gasteiger partial charge in [-0.05, 0) is 24.6 Å². The standard InChI is InChI=1S/C9H9ClO/c1-3-7-4-8(10)6(2)9(11)5-7/h3-5,11H,1H2,2H3. The summed E-state index contributed by atoms with van der Waals surface area (Å²) in [5.74, 6) is 0.215. The zero-order valence-electron chi connectivity index (χ0n) is 6.26. The molecule has 0 atom stereocenters. The van der Waals surface area contributed by atoms with Crippen LogP contribution in [0.15, 0.2) is 18.7 Å². The fourth-order valence-electron chi connectivity index (χ4n) is 0.803. The molecule has 1 N–H and O–H groups in total. The van der Waals surface area contributed by atoms with Crippen LogP contribution in [0.1, 0.15) is 11.1 Å². The van der Waals surface area contributed by atoms with Crippen LogP contribution < -0.4 is 0 Å². The quantitative estimate of drug-likeness (QED) is 0.684. The van der Waals surface area contributed by atoms with Crippen LogP contribution >= 0.6 is 11.6 Å². The number of hydrogen-bond donors (Lipinski definition) is 1. The van der Waals surface area contributed by atoms with Gasteiger partial charge in [-0.1, -0.05) is 24.3 Å². The summed E-state index contributed by atoms with van der Waals surface area (Å²) in [6, 6.07) is 3.40. The average Bonchev–Trinajstić information content (AvgIpc) is 1.99. The van der Waals surface area contributed by atoms with E-state index in [0.717, 1.165) is 5.56 Å². The predicted molar refractivity (Wildman–Crippen MR) is 47.9 cm³/mol. The minimum absolute atomic E-state index is 0.215. The number of phenols is 1. The fourth-order valence-corrected chi connectivity index (χ4v) is 1.03. The molecule has 1 rings (SSSR count). The van der Waals surface area contributed by atoms with Crippen molar-refractivity contribution in [2.75, 3.05) is 0 Å². The van der Waals surface area contributed by atoms with Gasteiger partial charge in [0, 0.05) is 10.6 Å². The van der Waals surface area contributed by atoms with Crippen LogP contribution in [0.25, 0.3) is 6.08 Å². The van der Waals surface area contributed by atoms with E-state index in [1.807, 2.05) is 0 Å². The number of phenolic OH excluding ortho intramolecular Hbond substituents is 1. The van der Waals surface area contributed by atoms with E-state index in [1.165, 1.54) is 0 Å². The highest BCUT2D eigenvalue weighted by atomic mass is 35.5. The average molecular weight is 169 g/mol. The van der Waals surface area contributed by atoms with Gasteiger partial charge in [0.05, 0.1) is 0 Å². The Kier molecular flexibility index (Phi) is 2.20. The fraction of sp³-hybridized carbons (Fsp3) is 0.111. The van der Waals surface area contributed by atoms with E-state index in [-0.39, 0.29) is 5.75 Å². The van der Waals surface area contributed by atoms with Gasteiger partial charge in [0.15, 0.2) is 0 Å². The third-order valence-corrected chi connectivity index (χ3v) is 1.97. The number of hydrogen-bond acceptors (Lipinski definition) is 1. The van der Waals surface area contributed by atoms with E-state index < -0.39 is 0 Å². The van der Waals surface area contributed by atoms with Gasteiger partial charge in [-0.15, -0.1) is 0 Å². The van der Waals surface area contributed by atoms with Crippen LogP contribution in [0.3, 0.4) is 0 Å². The van der Waals surface area contributed by atoms with Crippen molar-refractivity contribution in [1.82, 2.24) is 0 Å². The second-order valence-corrected chi connectivity index (χ2v) is 2.76. The molecule has 0 unspecified atom stereocenters. The molecule has 0 spiro atoms. The maximum absolute atomic E-state index is 9.28. The van der Waals surface area contributed by atoms with Crippen molar-refractivity contribution in [1.29, 1.82) is 0 Å². The summed E-state index contributed by atoms with van der Waals surface area (Å²) in [5.41, 5.74) is 1.54. The maximum Gasteiger partial charge on any atom is 0.120 e. The molecule has 0 bridgehead atoms. The topological polar surface area (TPSA) is 20.2 Å². The largest absolute Gasteiger partial charge is 0.508 e. The lowest BCUT2D eigenvalue weighted by atomic mass is 10.1. The molecule has 1 aromatic rings. The summed E-state index contributed by atoms with van der Waals surface area (Å²) in [4.78, 5) is 0. The minimum atomic E-state index is 0.215. The van der Waals surface area contributed by atoms with Crippen molar-refractivity contribution in [2.24, 2.45) is 0 Å². The first kappa shape index (κ1) is 8.15. The van der Waals surface area contributed by atoms with Crippen molar-refractivity contribution < 1.29 is 5.11 Å². The summed E-state index contributed by atoms with van der Waals surface area (Å²) in [7, 11) is 0. The van der Waals surface area contributed by atoms with Crippen LogP contribution in [0.4, 0.5) is 0 Å². The summed E-state index contributed by atoms with van der Waals surface area (Å²) < 4.78 is 0. The third-order valence-electron chi connectivity index (χ3n) is 1.57. The smallest absolute Gasteiger partial charge is 0.120 e. The lowest BCUT2D eigenvalue weighted by molar-refractivity contribution is 0.471. The minimum Gasteiger partial charge on any atom is -0.508 e. The van der Waals surface area contributed by atoms with Gasteiger partial charge in [-0.3, -0.25) is 0 Å². The second kappa shape index (κ2) is 2.97. The van der Waals surface area contributed by atoms with E-state index in [2.05, 4.69) is 6.58 Å². The molecule has 0 fully saturated rings. The highest BCUT2D eigenvalue weighted by Gasteiger charge is 2.01. The number of halogens is 1. The van der Waals surface area contributed by atoms with E-state index in [0.29, 0.717) is 10.6 Å². The molecule has 0 aliphatic heterocycles. The lowest BCUT2D eigenvalue weighted by Gasteiger charge is -2.02. The molecule has 1 aromatic carbocycles. The monoisotopic (exact) mass is 168 g/mol. The molecule has 0 aromatic heterocycles. The SMILES string of the molecule is C=Cc1cc(O)c(C)c(Cl)c1. The summed E-state index contributed by atoms with van der Waals surface area (Å²) in [6.07, 6.45) is 1.64. The Balaban J connectivity index is 3.31. The Morgan fingerprint density at radius 2 is 2.18 bits per heavy atom. The molecule has 58 valence electrons. The van der Waals surface area contributed by atoms with Gasteiger partial charge in [0.1, 0.15) is 5.75 Å². The van der Waals surface area contributed by atoms with Crippen LogP contribution in [-0.4, -0.2) is 5.11 Å². The van der Waals surface area contributed by atoms with Gasteiger partial charge < -0.3 is 5.11 Å². The first-order chi connectivity index (χ1) is 5.15. The molecule has 0 amide bonds. The molecule has 2 heteroatoms. The van der Waals surface area contributed by atoms with Gasteiger partial charge in [0.2, 0.25) is 0 Å². The Bertz CT molecular complexity index is 269. The van der Waals surface area contributed by atoms with Crippen molar-refractivity contribution in [3.63, 3.8) is 0 Å². The van der Waals surface area contributed by atoms with E-state index in [9.17, 15) is 5.11 Å². The zero-order valence-corrected chi connectivity index (χ0v) is 7.02. The first-order valence-corrected chi connectivity index (χ1v) is 3.64. The molecule has 0 heterocycles. The normalized spacial score (nSPS) is 9.64. The highest BCUT2D eigenvalue weighted by molar-refractivity contribution is 6.31. The molecular formula is C9H9ClO. The molecule has 0 aliphatic carbocycles. The van der Waals surface area contributed by atoms with Gasteiger partial charge >= 0.3 is 0 Å². The Hall–Kier alpha value is -0.950. The number of aromatic hydroxyl groups is 1. The Labute approximate surface area is 70.9 Å². The van der Waals surface area contributed by atoms with Crippen molar-refractivity contribution in [3.05, 3.63) is 34.9 Å². The predicted octanol–water partition coefficient (Wildman–Crippen LogP) is 3.00. The number of benzene rings is 1. The lowest BCUT2D eigenvalue weighted by Crippen LogP contribution is -1.79. The van der Waals surface area contributed by atoms with Crippen molar-refractivity contribution in [2.45, 2.75) is 6.92 Å². The molecule has 1 nitrogen and oxygen atoms in total. The van der Waals surface area contributed by atoms with E-state index in [4.69, 9.17) is 11.6 Å². The molecule has 11 heavy (non-hydrogen) atoms.